The van der Waals surface area contributed by atoms with E-state index in [4.69, 9.17) is 15.2 Å². The first kappa shape index (κ1) is 11.2. The van der Waals surface area contributed by atoms with Gasteiger partial charge in [-0.3, -0.25) is 5.32 Å². The number of carbonyl (C=O) groups is 1. The molecule has 0 bridgehead atoms. The second-order valence-corrected chi connectivity index (χ2v) is 3.32. The van der Waals surface area contributed by atoms with Crippen molar-refractivity contribution in [1.82, 2.24) is 5.32 Å². The molecule has 4 N–H and O–H groups in total. The number of aliphatic hydroxyl groups is 1. The van der Waals surface area contributed by atoms with E-state index < -0.39 is 18.4 Å². The van der Waals surface area contributed by atoms with Crippen LogP contribution in [0.3, 0.4) is 0 Å². The summed E-state index contributed by atoms with van der Waals surface area (Å²) in [7, 11) is 1.50. The second-order valence-electron chi connectivity index (χ2n) is 3.32. The average molecular weight is 204 g/mol. The molecule has 6 nitrogen and oxygen atoms in total. The van der Waals surface area contributed by atoms with Crippen LogP contribution in [0.2, 0.25) is 0 Å². The van der Waals surface area contributed by atoms with Crippen molar-refractivity contribution in [3.63, 3.8) is 0 Å². The Bertz CT molecular complexity index is 196. The highest BCUT2D eigenvalue weighted by atomic mass is 16.6. The molecule has 1 saturated carbocycles. The van der Waals surface area contributed by atoms with Gasteiger partial charge in [0.2, 0.25) is 0 Å². The Balaban J connectivity index is 2.36. The molecule has 0 aliphatic heterocycles. The lowest BCUT2D eigenvalue weighted by molar-refractivity contribution is -0.0373. The number of methoxy groups -OCH3 is 1. The Kier molecular flexibility index (Phi) is 4.12. The maximum Gasteiger partial charge on any atom is 0.404 e. The highest BCUT2D eigenvalue weighted by Crippen LogP contribution is 2.35. The first-order valence-electron chi connectivity index (χ1n) is 4.51. The lowest BCUT2D eigenvalue weighted by atomic mass is 10.2. The van der Waals surface area contributed by atoms with Crippen molar-refractivity contribution in [1.29, 1.82) is 0 Å². The zero-order valence-electron chi connectivity index (χ0n) is 8.10. The van der Waals surface area contributed by atoms with E-state index in [2.05, 4.69) is 5.32 Å². The van der Waals surface area contributed by atoms with E-state index in [-0.39, 0.29) is 12.6 Å². The molecule has 0 aromatic carbocycles. The minimum absolute atomic E-state index is 0.201. The molecule has 1 rings (SSSR count). The van der Waals surface area contributed by atoms with Gasteiger partial charge in [-0.2, -0.15) is 0 Å². The van der Waals surface area contributed by atoms with Crippen LogP contribution in [0.5, 0.6) is 0 Å². The van der Waals surface area contributed by atoms with E-state index in [1.807, 2.05) is 0 Å². The van der Waals surface area contributed by atoms with Crippen LogP contribution in [0, 0.1) is 5.92 Å². The minimum Gasteiger partial charge on any atom is -0.442 e. The zero-order valence-corrected chi connectivity index (χ0v) is 8.10. The number of carbonyl (C=O) groups excluding carboxylic acids is 1. The average Bonchev–Trinajstić information content (AvgIpc) is 2.93. The van der Waals surface area contributed by atoms with Gasteiger partial charge in [0.1, 0.15) is 12.3 Å². The fraction of sp³-hybridized carbons (Fsp3) is 0.875. The summed E-state index contributed by atoms with van der Waals surface area (Å²) in [5.41, 5.74) is 4.89. The number of nitrogens with two attached hydrogens (primary N) is 1. The predicted molar refractivity (Wildman–Crippen MR) is 48.2 cm³/mol. The standard InChI is InChI=1S/C8H16N2O4/c1-13-4-10-7(11)6(5-2-3-5)14-8(9)12/h5-7,10-11H,2-4H2,1H3,(H2,9,12)/t6-,7-/m0/s1. The minimum atomic E-state index is -0.921. The number of primary amides is 1. The number of rotatable bonds is 6. The normalized spacial score (nSPS) is 20.1. The summed E-state index contributed by atoms with van der Waals surface area (Å²) in [4.78, 5) is 10.6. The highest BCUT2D eigenvalue weighted by molar-refractivity contribution is 5.64. The van der Waals surface area contributed by atoms with E-state index in [9.17, 15) is 9.90 Å². The van der Waals surface area contributed by atoms with Gasteiger partial charge in [0, 0.05) is 13.0 Å². The Morgan fingerprint density at radius 2 is 2.36 bits per heavy atom. The van der Waals surface area contributed by atoms with Crippen molar-refractivity contribution < 1.29 is 19.4 Å². The highest BCUT2D eigenvalue weighted by Gasteiger charge is 2.38. The van der Waals surface area contributed by atoms with Gasteiger partial charge in [-0.05, 0) is 12.8 Å². The number of nitrogens with one attached hydrogen (secondary N) is 1. The van der Waals surface area contributed by atoms with Crippen LogP contribution in [0.25, 0.3) is 0 Å². The summed E-state index contributed by atoms with van der Waals surface area (Å²) in [6.45, 7) is 0.201. The Morgan fingerprint density at radius 3 is 2.79 bits per heavy atom. The molecule has 0 spiro atoms. The zero-order chi connectivity index (χ0) is 10.6. The summed E-state index contributed by atoms with van der Waals surface area (Å²) in [6, 6.07) is 0. The summed E-state index contributed by atoms with van der Waals surface area (Å²) in [5, 5.41) is 12.2. The molecule has 1 fully saturated rings. The Labute approximate surface area is 82.4 Å². The molecule has 0 heterocycles. The Hall–Kier alpha value is -0.850. The topological polar surface area (TPSA) is 93.8 Å². The SMILES string of the molecule is COCN[C@@H](O)[C@@H](OC(N)=O)C1CC1. The molecule has 0 aromatic heterocycles. The first-order chi connectivity index (χ1) is 6.65. The molecule has 6 heteroatoms. The molecule has 0 unspecified atom stereocenters. The van der Waals surface area contributed by atoms with Crippen molar-refractivity contribution in [2.45, 2.75) is 25.2 Å². The van der Waals surface area contributed by atoms with Crippen molar-refractivity contribution in [2.75, 3.05) is 13.8 Å². The molecule has 0 saturated heterocycles. The molecular formula is C8H16N2O4. The summed E-state index contributed by atoms with van der Waals surface area (Å²) in [6.07, 6.45) is -0.453. The quantitative estimate of drug-likeness (QED) is 0.501. The van der Waals surface area contributed by atoms with Crippen LogP contribution in [0.1, 0.15) is 12.8 Å². The third-order valence-electron chi connectivity index (χ3n) is 2.09. The molecule has 2 atom stereocenters. The second kappa shape index (κ2) is 5.14. The fourth-order valence-corrected chi connectivity index (χ4v) is 1.26. The van der Waals surface area contributed by atoms with Crippen molar-refractivity contribution >= 4 is 6.09 Å². The van der Waals surface area contributed by atoms with Crippen molar-refractivity contribution in [2.24, 2.45) is 11.7 Å². The van der Waals surface area contributed by atoms with Crippen LogP contribution in [-0.2, 0) is 9.47 Å². The van der Waals surface area contributed by atoms with Gasteiger partial charge in [0.15, 0.2) is 0 Å². The molecule has 0 aromatic rings. The van der Waals surface area contributed by atoms with Crippen LogP contribution in [0.15, 0.2) is 0 Å². The Morgan fingerprint density at radius 1 is 1.71 bits per heavy atom. The van der Waals surface area contributed by atoms with E-state index in [0.29, 0.717) is 0 Å². The molecular weight excluding hydrogens is 188 g/mol. The number of aliphatic hydroxyl groups excluding tert-OH is 1. The van der Waals surface area contributed by atoms with Gasteiger partial charge in [0.05, 0.1) is 6.73 Å². The van der Waals surface area contributed by atoms with Gasteiger partial charge in [-0.1, -0.05) is 0 Å². The lowest BCUT2D eigenvalue weighted by Crippen LogP contribution is -2.45. The van der Waals surface area contributed by atoms with E-state index in [0.717, 1.165) is 12.8 Å². The summed E-state index contributed by atoms with van der Waals surface area (Å²) >= 11 is 0. The maximum absolute atomic E-state index is 10.6. The number of hydrogen-bond acceptors (Lipinski definition) is 5. The van der Waals surface area contributed by atoms with Crippen molar-refractivity contribution in [3.8, 4) is 0 Å². The third kappa shape index (κ3) is 3.49. The number of hydrogen-bond donors (Lipinski definition) is 3. The molecule has 1 aliphatic rings. The van der Waals surface area contributed by atoms with Crippen molar-refractivity contribution in [3.05, 3.63) is 0 Å². The summed E-state index contributed by atoms with van der Waals surface area (Å²) < 4.78 is 9.53. The van der Waals surface area contributed by atoms with Gasteiger partial charge < -0.3 is 20.3 Å². The monoisotopic (exact) mass is 204 g/mol. The number of ether oxygens (including phenoxy) is 2. The molecule has 0 radical (unpaired) electrons. The van der Waals surface area contributed by atoms with E-state index >= 15 is 0 Å². The van der Waals surface area contributed by atoms with Gasteiger partial charge >= 0.3 is 6.09 Å². The largest absolute Gasteiger partial charge is 0.442 e. The van der Waals surface area contributed by atoms with Crippen LogP contribution in [-0.4, -0.2) is 37.4 Å². The van der Waals surface area contributed by atoms with Gasteiger partial charge in [0.25, 0.3) is 0 Å². The molecule has 1 aliphatic carbocycles. The third-order valence-corrected chi connectivity index (χ3v) is 2.09. The number of amides is 1. The fourth-order valence-electron chi connectivity index (χ4n) is 1.26. The summed E-state index contributed by atoms with van der Waals surface area (Å²) in [5.74, 6) is 0.210. The molecule has 1 amide bonds. The van der Waals surface area contributed by atoms with Gasteiger partial charge in [-0.25, -0.2) is 4.79 Å². The van der Waals surface area contributed by atoms with Gasteiger partial charge in [-0.15, -0.1) is 0 Å². The van der Waals surface area contributed by atoms with E-state index in [1.165, 1.54) is 7.11 Å². The smallest absolute Gasteiger partial charge is 0.404 e. The predicted octanol–water partition coefficient (Wildman–Crippen LogP) is -0.628. The van der Waals surface area contributed by atoms with Crippen LogP contribution >= 0.6 is 0 Å². The first-order valence-corrected chi connectivity index (χ1v) is 4.51. The molecule has 14 heavy (non-hydrogen) atoms. The molecule has 82 valence electrons. The van der Waals surface area contributed by atoms with Crippen LogP contribution in [0.4, 0.5) is 4.79 Å². The lowest BCUT2D eigenvalue weighted by Gasteiger charge is -2.22. The van der Waals surface area contributed by atoms with E-state index in [1.54, 1.807) is 0 Å². The van der Waals surface area contributed by atoms with Crippen LogP contribution < -0.4 is 11.1 Å². The maximum atomic E-state index is 10.6.